The number of hydrogen-bond acceptors (Lipinski definition) is 2. The maximum atomic E-state index is 6.08. The van der Waals surface area contributed by atoms with Crippen molar-refractivity contribution >= 4 is 0 Å². The maximum absolute atomic E-state index is 6.08. The highest BCUT2D eigenvalue weighted by Crippen LogP contribution is 2.12. The third-order valence-corrected chi connectivity index (χ3v) is 3.96. The molecule has 2 heteroatoms. The lowest BCUT2D eigenvalue weighted by Crippen LogP contribution is -2.19. The third-order valence-electron chi connectivity index (χ3n) is 3.96. The molecule has 0 aromatic carbocycles. The Balaban J connectivity index is 3.05. The van der Waals surface area contributed by atoms with E-state index in [1.165, 1.54) is 77.0 Å². The second kappa shape index (κ2) is 16.0. The summed E-state index contributed by atoms with van der Waals surface area (Å²) >= 11 is 0. The molecule has 0 saturated heterocycles. The highest BCUT2D eigenvalue weighted by atomic mass is 14.6. The summed E-state index contributed by atoms with van der Waals surface area (Å²) in [5.74, 6) is 0. The summed E-state index contributed by atoms with van der Waals surface area (Å²) in [4.78, 5) is 0. The summed E-state index contributed by atoms with van der Waals surface area (Å²) < 4.78 is 0. The van der Waals surface area contributed by atoms with E-state index in [1.807, 2.05) is 0 Å². The van der Waals surface area contributed by atoms with E-state index in [1.54, 1.807) is 0 Å². The summed E-state index contributed by atoms with van der Waals surface area (Å²) in [7, 11) is 0. The molecule has 0 aliphatic carbocycles. The minimum Gasteiger partial charge on any atom is -0.330 e. The largest absolute Gasteiger partial charge is 0.330 e. The molecule has 0 aliphatic rings. The fourth-order valence-corrected chi connectivity index (χ4v) is 2.59. The average molecular weight is 271 g/mol. The third kappa shape index (κ3) is 15.9. The molecule has 0 heterocycles. The van der Waals surface area contributed by atoms with E-state index < -0.39 is 0 Å². The number of nitrogens with two attached hydrogens (primary N) is 2. The van der Waals surface area contributed by atoms with Crippen LogP contribution in [0.3, 0.4) is 0 Å². The Morgan fingerprint density at radius 1 is 0.632 bits per heavy atom. The average Bonchev–Trinajstić information content (AvgIpc) is 2.41. The minimum atomic E-state index is 0.417. The normalized spacial score (nSPS) is 12.8. The second-order valence-electron chi connectivity index (χ2n) is 6.02. The van der Waals surface area contributed by atoms with Gasteiger partial charge in [-0.2, -0.15) is 0 Å². The standard InChI is InChI=1S/C17H38N2/c1-2-3-4-5-6-7-8-9-10-11-14-17(19)15-12-13-16-18/h17H,2-16,18-19H2,1H3. The summed E-state index contributed by atoms with van der Waals surface area (Å²) in [6, 6.07) is 0.417. The van der Waals surface area contributed by atoms with Crippen LogP contribution in [0.1, 0.15) is 96.8 Å². The summed E-state index contributed by atoms with van der Waals surface area (Å²) in [6.07, 6.45) is 18.8. The summed E-state index contributed by atoms with van der Waals surface area (Å²) in [5, 5.41) is 0. The van der Waals surface area contributed by atoms with Gasteiger partial charge in [-0.3, -0.25) is 0 Å². The molecule has 0 bridgehead atoms. The molecule has 0 spiro atoms. The lowest BCUT2D eigenvalue weighted by atomic mass is 10.0. The molecule has 1 unspecified atom stereocenters. The number of unbranched alkanes of at least 4 members (excludes halogenated alkanes) is 10. The van der Waals surface area contributed by atoms with Gasteiger partial charge in [-0.05, 0) is 25.8 Å². The first-order valence-corrected chi connectivity index (χ1v) is 8.77. The fraction of sp³-hybridized carbons (Fsp3) is 1.00. The van der Waals surface area contributed by atoms with E-state index in [-0.39, 0.29) is 0 Å². The van der Waals surface area contributed by atoms with Crippen LogP contribution >= 0.6 is 0 Å². The van der Waals surface area contributed by atoms with Crippen molar-refractivity contribution in [2.45, 2.75) is 103 Å². The Hall–Kier alpha value is -0.0800. The smallest absolute Gasteiger partial charge is 0.00388 e. The molecule has 2 nitrogen and oxygen atoms in total. The van der Waals surface area contributed by atoms with Crippen molar-refractivity contribution in [2.24, 2.45) is 11.5 Å². The molecule has 0 rings (SSSR count). The Morgan fingerprint density at radius 2 is 1.05 bits per heavy atom. The minimum absolute atomic E-state index is 0.417. The van der Waals surface area contributed by atoms with E-state index in [9.17, 15) is 0 Å². The highest BCUT2D eigenvalue weighted by molar-refractivity contribution is 4.61. The number of rotatable bonds is 15. The van der Waals surface area contributed by atoms with Gasteiger partial charge < -0.3 is 11.5 Å². The predicted molar refractivity (Wildman–Crippen MR) is 87.3 cm³/mol. The Kier molecular flexibility index (Phi) is 15.9. The predicted octanol–water partition coefficient (Wildman–Crippen LogP) is 4.75. The van der Waals surface area contributed by atoms with E-state index in [0.717, 1.165) is 19.4 Å². The molecule has 0 aromatic rings. The molecule has 0 saturated carbocycles. The molecule has 0 aromatic heterocycles. The molecular formula is C17H38N2. The Bertz CT molecular complexity index is 159. The lowest BCUT2D eigenvalue weighted by molar-refractivity contribution is 0.491. The SMILES string of the molecule is CCCCCCCCCCCCC(N)CCCCN. The second-order valence-corrected chi connectivity index (χ2v) is 6.02. The van der Waals surface area contributed by atoms with Gasteiger partial charge in [0.25, 0.3) is 0 Å². The van der Waals surface area contributed by atoms with Crippen LogP contribution in [0.25, 0.3) is 0 Å². The summed E-state index contributed by atoms with van der Waals surface area (Å²) in [6.45, 7) is 3.09. The zero-order valence-corrected chi connectivity index (χ0v) is 13.3. The molecule has 0 fully saturated rings. The van der Waals surface area contributed by atoms with Crippen molar-refractivity contribution in [3.63, 3.8) is 0 Å². The Morgan fingerprint density at radius 3 is 1.53 bits per heavy atom. The molecular weight excluding hydrogens is 232 g/mol. The van der Waals surface area contributed by atoms with Gasteiger partial charge in [0.2, 0.25) is 0 Å². The van der Waals surface area contributed by atoms with Gasteiger partial charge >= 0.3 is 0 Å². The fourth-order valence-electron chi connectivity index (χ4n) is 2.59. The van der Waals surface area contributed by atoms with Gasteiger partial charge in [-0.25, -0.2) is 0 Å². The molecule has 116 valence electrons. The van der Waals surface area contributed by atoms with Crippen molar-refractivity contribution in [2.75, 3.05) is 6.54 Å². The van der Waals surface area contributed by atoms with Crippen molar-refractivity contribution in [3.05, 3.63) is 0 Å². The molecule has 0 aliphatic heterocycles. The van der Waals surface area contributed by atoms with Crippen LogP contribution in [0.4, 0.5) is 0 Å². The first kappa shape index (κ1) is 18.9. The van der Waals surface area contributed by atoms with Crippen LogP contribution in [0.5, 0.6) is 0 Å². The van der Waals surface area contributed by atoms with Crippen molar-refractivity contribution in [1.82, 2.24) is 0 Å². The quantitative estimate of drug-likeness (QED) is 0.422. The van der Waals surface area contributed by atoms with Gasteiger partial charge in [0.05, 0.1) is 0 Å². The van der Waals surface area contributed by atoms with Gasteiger partial charge in [-0.15, -0.1) is 0 Å². The van der Waals surface area contributed by atoms with Crippen molar-refractivity contribution < 1.29 is 0 Å². The zero-order chi connectivity index (χ0) is 14.2. The van der Waals surface area contributed by atoms with Gasteiger partial charge in [0.1, 0.15) is 0 Å². The van der Waals surface area contributed by atoms with Crippen LogP contribution in [-0.2, 0) is 0 Å². The first-order chi connectivity index (χ1) is 9.31. The van der Waals surface area contributed by atoms with E-state index in [4.69, 9.17) is 11.5 Å². The van der Waals surface area contributed by atoms with Crippen LogP contribution in [0.15, 0.2) is 0 Å². The van der Waals surface area contributed by atoms with Crippen molar-refractivity contribution in [1.29, 1.82) is 0 Å². The molecule has 4 N–H and O–H groups in total. The van der Waals surface area contributed by atoms with Crippen LogP contribution < -0.4 is 11.5 Å². The van der Waals surface area contributed by atoms with Crippen LogP contribution in [0, 0.1) is 0 Å². The summed E-state index contributed by atoms with van der Waals surface area (Å²) in [5.41, 5.74) is 11.6. The van der Waals surface area contributed by atoms with Crippen LogP contribution in [0.2, 0.25) is 0 Å². The topological polar surface area (TPSA) is 52.0 Å². The molecule has 1 atom stereocenters. The first-order valence-electron chi connectivity index (χ1n) is 8.77. The van der Waals surface area contributed by atoms with E-state index in [0.29, 0.717) is 6.04 Å². The number of hydrogen-bond donors (Lipinski definition) is 2. The molecule has 0 amide bonds. The molecule has 0 radical (unpaired) electrons. The Labute approximate surface area is 121 Å². The van der Waals surface area contributed by atoms with Crippen LogP contribution in [-0.4, -0.2) is 12.6 Å². The highest BCUT2D eigenvalue weighted by Gasteiger charge is 2.01. The van der Waals surface area contributed by atoms with Gasteiger partial charge in [-0.1, -0.05) is 77.6 Å². The monoisotopic (exact) mass is 270 g/mol. The van der Waals surface area contributed by atoms with Gasteiger partial charge in [0.15, 0.2) is 0 Å². The maximum Gasteiger partial charge on any atom is 0.00388 e. The van der Waals surface area contributed by atoms with E-state index in [2.05, 4.69) is 6.92 Å². The lowest BCUT2D eigenvalue weighted by Gasteiger charge is -2.10. The van der Waals surface area contributed by atoms with E-state index >= 15 is 0 Å². The van der Waals surface area contributed by atoms with Crippen molar-refractivity contribution in [3.8, 4) is 0 Å². The zero-order valence-electron chi connectivity index (χ0n) is 13.3. The van der Waals surface area contributed by atoms with Gasteiger partial charge in [0, 0.05) is 6.04 Å². The molecule has 19 heavy (non-hydrogen) atoms.